The van der Waals surface area contributed by atoms with E-state index in [9.17, 15) is 4.39 Å². The maximum Gasteiger partial charge on any atom is 0.223 e. The van der Waals surface area contributed by atoms with Crippen molar-refractivity contribution < 1.29 is 4.39 Å². The Morgan fingerprint density at radius 2 is 1.94 bits per heavy atom. The number of halogens is 1. The lowest BCUT2D eigenvalue weighted by Gasteiger charge is -2.04. The Kier molecular flexibility index (Phi) is 3.10. The largest absolute Gasteiger partial charge is 0.354 e. The molecule has 0 unspecified atom stereocenters. The Balaban J connectivity index is 2.32. The summed E-state index contributed by atoms with van der Waals surface area (Å²) in [6, 6.07) is 8.05. The van der Waals surface area contributed by atoms with Gasteiger partial charge in [-0.1, -0.05) is 0 Å². The molecule has 0 spiro atoms. The number of hydrogen-bond donors (Lipinski definition) is 1. The number of rotatable bonds is 3. The van der Waals surface area contributed by atoms with E-state index in [1.165, 1.54) is 12.1 Å². The first-order chi connectivity index (χ1) is 7.79. The van der Waals surface area contributed by atoms with E-state index in [1.807, 2.05) is 6.92 Å². The lowest BCUT2D eigenvalue weighted by atomic mass is 10.1. The van der Waals surface area contributed by atoms with Crippen molar-refractivity contribution in [2.75, 3.05) is 11.9 Å². The Hall–Kier alpha value is -1.97. The number of nitrogens with zero attached hydrogens (tertiary/aromatic N) is 2. The average Bonchev–Trinajstić information content (AvgIpc) is 2.31. The van der Waals surface area contributed by atoms with Gasteiger partial charge in [-0.15, -0.1) is 0 Å². The van der Waals surface area contributed by atoms with E-state index in [2.05, 4.69) is 15.3 Å². The van der Waals surface area contributed by atoms with Crippen LogP contribution >= 0.6 is 0 Å². The molecule has 3 nitrogen and oxygen atoms in total. The van der Waals surface area contributed by atoms with E-state index < -0.39 is 0 Å². The highest BCUT2D eigenvalue weighted by atomic mass is 19.1. The third-order valence-electron chi connectivity index (χ3n) is 2.13. The van der Waals surface area contributed by atoms with Crippen molar-refractivity contribution in [3.8, 4) is 11.3 Å². The smallest absolute Gasteiger partial charge is 0.223 e. The predicted molar refractivity (Wildman–Crippen MR) is 61.6 cm³/mol. The van der Waals surface area contributed by atoms with Crippen LogP contribution in [0.4, 0.5) is 10.3 Å². The van der Waals surface area contributed by atoms with Crippen LogP contribution in [0.5, 0.6) is 0 Å². The molecule has 82 valence electrons. The van der Waals surface area contributed by atoms with Crippen molar-refractivity contribution in [3.63, 3.8) is 0 Å². The summed E-state index contributed by atoms with van der Waals surface area (Å²) in [7, 11) is 0. The lowest BCUT2D eigenvalue weighted by Crippen LogP contribution is -2.02. The molecule has 2 aromatic rings. The Bertz CT molecular complexity index is 468. The van der Waals surface area contributed by atoms with Crippen molar-refractivity contribution in [1.82, 2.24) is 9.97 Å². The molecule has 16 heavy (non-hydrogen) atoms. The zero-order chi connectivity index (χ0) is 11.4. The molecule has 2 rings (SSSR count). The second-order valence-electron chi connectivity index (χ2n) is 3.30. The summed E-state index contributed by atoms with van der Waals surface area (Å²) in [4.78, 5) is 8.39. The molecule has 0 amide bonds. The van der Waals surface area contributed by atoms with Crippen molar-refractivity contribution in [2.45, 2.75) is 6.92 Å². The van der Waals surface area contributed by atoms with Gasteiger partial charge in [0.25, 0.3) is 0 Å². The predicted octanol–water partition coefficient (Wildman–Crippen LogP) is 2.71. The first-order valence-corrected chi connectivity index (χ1v) is 5.12. The third-order valence-corrected chi connectivity index (χ3v) is 2.13. The van der Waals surface area contributed by atoms with Crippen molar-refractivity contribution >= 4 is 5.95 Å². The summed E-state index contributed by atoms with van der Waals surface area (Å²) in [5.41, 5.74) is 1.66. The van der Waals surface area contributed by atoms with Gasteiger partial charge < -0.3 is 5.32 Å². The highest BCUT2D eigenvalue weighted by molar-refractivity contribution is 5.59. The summed E-state index contributed by atoms with van der Waals surface area (Å²) in [6.07, 6.45) is 1.68. The van der Waals surface area contributed by atoms with E-state index in [4.69, 9.17) is 0 Å². The van der Waals surface area contributed by atoms with Gasteiger partial charge >= 0.3 is 0 Å². The minimum Gasteiger partial charge on any atom is -0.354 e. The number of hydrogen-bond acceptors (Lipinski definition) is 3. The van der Waals surface area contributed by atoms with E-state index in [0.29, 0.717) is 5.95 Å². The third kappa shape index (κ3) is 2.34. The summed E-state index contributed by atoms with van der Waals surface area (Å²) < 4.78 is 12.8. The molecule has 0 atom stereocenters. The summed E-state index contributed by atoms with van der Waals surface area (Å²) in [6.45, 7) is 2.75. The lowest BCUT2D eigenvalue weighted by molar-refractivity contribution is 0.628. The minimum absolute atomic E-state index is 0.246. The molecule has 4 heteroatoms. The first-order valence-electron chi connectivity index (χ1n) is 5.12. The van der Waals surface area contributed by atoms with E-state index in [0.717, 1.165) is 17.8 Å². The fourth-order valence-electron chi connectivity index (χ4n) is 1.38. The molecular formula is C12H12FN3. The van der Waals surface area contributed by atoms with Crippen LogP contribution in [0.1, 0.15) is 6.92 Å². The highest BCUT2D eigenvalue weighted by Gasteiger charge is 2.01. The molecule has 0 saturated heterocycles. The molecule has 0 aliphatic carbocycles. The SMILES string of the molecule is CCNc1nccc(-c2ccc(F)cc2)n1. The quantitative estimate of drug-likeness (QED) is 0.859. The molecule has 1 N–H and O–H groups in total. The van der Waals surface area contributed by atoms with Crippen LogP contribution in [-0.2, 0) is 0 Å². The van der Waals surface area contributed by atoms with E-state index in [-0.39, 0.29) is 5.82 Å². The van der Waals surface area contributed by atoms with Gasteiger partial charge in [0.15, 0.2) is 0 Å². The second kappa shape index (κ2) is 4.70. The minimum atomic E-state index is -0.246. The van der Waals surface area contributed by atoms with Crippen LogP contribution in [0.3, 0.4) is 0 Å². The molecule has 1 heterocycles. The molecule has 0 radical (unpaired) electrons. The van der Waals surface area contributed by atoms with E-state index >= 15 is 0 Å². The zero-order valence-corrected chi connectivity index (χ0v) is 8.94. The maximum atomic E-state index is 12.8. The van der Waals surface area contributed by atoms with Gasteiger partial charge in [0.05, 0.1) is 5.69 Å². The molecule has 0 bridgehead atoms. The molecule has 1 aromatic carbocycles. The molecule has 0 aliphatic heterocycles. The molecule has 1 aromatic heterocycles. The monoisotopic (exact) mass is 217 g/mol. The van der Waals surface area contributed by atoms with Gasteiger partial charge in [-0.05, 0) is 37.3 Å². The normalized spacial score (nSPS) is 10.1. The van der Waals surface area contributed by atoms with Crippen LogP contribution < -0.4 is 5.32 Å². The molecule has 0 aliphatic rings. The van der Waals surface area contributed by atoms with Crippen LogP contribution in [0, 0.1) is 5.82 Å². The van der Waals surface area contributed by atoms with Crippen LogP contribution in [0.15, 0.2) is 36.5 Å². The standard InChI is InChI=1S/C12H12FN3/c1-2-14-12-15-8-7-11(16-12)9-3-5-10(13)6-4-9/h3-8H,2H2,1H3,(H,14,15,16). The second-order valence-corrected chi connectivity index (χ2v) is 3.30. The average molecular weight is 217 g/mol. The van der Waals surface area contributed by atoms with Gasteiger partial charge in [0.2, 0.25) is 5.95 Å². The van der Waals surface area contributed by atoms with Crippen LogP contribution in [0.2, 0.25) is 0 Å². The number of nitrogens with one attached hydrogen (secondary N) is 1. The summed E-state index contributed by atoms with van der Waals surface area (Å²) in [5.74, 6) is 0.342. The molecule has 0 saturated carbocycles. The van der Waals surface area contributed by atoms with E-state index in [1.54, 1.807) is 24.4 Å². The number of aromatic nitrogens is 2. The van der Waals surface area contributed by atoms with Crippen molar-refractivity contribution in [3.05, 3.63) is 42.3 Å². The Morgan fingerprint density at radius 1 is 1.19 bits per heavy atom. The maximum absolute atomic E-state index is 12.8. The first kappa shape index (κ1) is 10.5. The van der Waals surface area contributed by atoms with Gasteiger partial charge in [-0.25, -0.2) is 14.4 Å². The Morgan fingerprint density at radius 3 is 2.62 bits per heavy atom. The van der Waals surface area contributed by atoms with Gasteiger partial charge in [0, 0.05) is 18.3 Å². The number of benzene rings is 1. The molecule has 0 fully saturated rings. The summed E-state index contributed by atoms with van der Waals surface area (Å²) >= 11 is 0. The fourth-order valence-corrected chi connectivity index (χ4v) is 1.38. The number of anilines is 1. The van der Waals surface area contributed by atoms with Gasteiger partial charge in [0.1, 0.15) is 5.82 Å². The summed E-state index contributed by atoms with van der Waals surface area (Å²) in [5, 5.41) is 3.03. The van der Waals surface area contributed by atoms with Gasteiger partial charge in [-0.3, -0.25) is 0 Å². The highest BCUT2D eigenvalue weighted by Crippen LogP contribution is 2.17. The van der Waals surface area contributed by atoms with Crippen molar-refractivity contribution in [2.24, 2.45) is 0 Å². The van der Waals surface area contributed by atoms with Crippen LogP contribution in [-0.4, -0.2) is 16.5 Å². The van der Waals surface area contributed by atoms with Crippen molar-refractivity contribution in [1.29, 1.82) is 0 Å². The fraction of sp³-hybridized carbons (Fsp3) is 0.167. The Labute approximate surface area is 93.4 Å². The van der Waals surface area contributed by atoms with Crippen LogP contribution in [0.25, 0.3) is 11.3 Å². The zero-order valence-electron chi connectivity index (χ0n) is 8.94. The topological polar surface area (TPSA) is 37.8 Å². The molecular weight excluding hydrogens is 205 g/mol. The van der Waals surface area contributed by atoms with Gasteiger partial charge in [-0.2, -0.15) is 0 Å².